The molecular formula is C26H35N3O5. The first-order valence-electron chi connectivity index (χ1n) is 12.1. The lowest BCUT2D eigenvalue weighted by molar-refractivity contribution is 0.171. The van der Waals surface area contributed by atoms with Gasteiger partial charge in [0, 0.05) is 12.6 Å². The predicted octanol–water partition coefficient (Wildman–Crippen LogP) is 3.24. The average Bonchev–Trinajstić information content (AvgIpc) is 2.87. The topological polar surface area (TPSA) is 81.3 Å². The molecule has 1 fully saturated rings. The molecule has 2 N–H and O–H groups in total. The molecule has 2 amide bonds. The Balaban J connectivity index is 1.28. The Morgan fingerprint density at radius 2 is 1.74 bits per heavy atom. The van der Waals surface area contributed by atoms with Gasteiger partial charge >= 0.3 is 6.03 Å². The predicted molar refractivity (Wildman–Crippen MR) is 130 cm³/mol. The lowest BCUT2D eigenvalue weighted by Gasteiger charge is -2.31. The lowest BCUT2D eigenvalue weighted by atomic mass is 10.0. The number of carbonyl (C=O) groups is 1. The van der Waals surface area contributed by atoms with Crippen LogP contribution in [0.2, 0.25) is 0 Å². The Bertz CT molecular complexity index is 915. The van der Waals surface area contributed by atoms with Gasteiger partial charge in [-0.3, -0.25) is 0 Å². The maximum Gasteiger partial charge on any atom is 0.315 e. The van der Waals surface area contributed by atoms with Gasteiger partial charge in [0.05, 0.1) is 13.7 Å². The number of amides is 2. The van der Waals surface area contributed by atoms with Gasteiger partial charge in [-0.1, -0.05) is 12.5 Å². The quantitative estimate of drug-likeness (QED) is 0.520. The average molecular weight is 470 g/mol. The number of nitrogens with one attached hydrogen (secondary N) is 2. The number of ether oxygens (including phenoxy) is 4. The van der Waals surface area contributed by atoms with E-state index in [-0.39, 0.29) is 12.1 Å². The molecule has 0 radical (unpaired) electrons. The maximum absolute atomic E-state index is 12.7. The Hall–Kier alpha value is -3.13. The van der Waals surface area contributed by atoms with Crippen LogP contribution in [0.1, 0.15) is 24.8 Å². The van der Waals surface area contributed by atoms with Crippen molar-refractivity contribution in [1.29, 1.82) is 0 Å². The lowest BCUT2D eigenvalue weighted by Crippen LogP contribution is -2.50. The molecule has 2 aromatic rings. The smallest absolute Gasteiger partial charge is 0.315 e. The number of likely N-dealkylation sites (tertiary alicyclic amines) is 1. The van der Waals surface area contributed by atoms with Crippen molar-refractivity contribution < 1.29 is 23.7 Å². The normalized spacial score (nSPS) is 16.4. The van der Waals surface area contributed by atoms with Gasteiger partial charge in [-0.05, 0) is 74.3 Å². The molecule has 34 heavy (non-hydrogen) atoms. The highest BCUT2D eigenvalue weighted by Crippen LogP contribution is 2.31. The fourth-order valence-electron chi connectivity index (χ4n) is 4.36. The van der Waals surface area contributed by atoms with Crippen LogP contribution < -0.4 is 29.6 Å². The molecule has 0 aromatic heterocycles. The number of piperidine rings is 1. The number of carbonyl (C=O) groups excluding carboxylic acids is 1. The highest BCUT2D eigenvalue weighted by atomic mass is 16.6. The van der Waals surface area contributed by atoms with Crippen LogP contribution in [0.3, 0.4) is 0 Å². The second-order valence-corrected chi connectivity index (χ2v) is 8.66. The number of hydrogen-bond donors (Lipinski definition) is 2. The van der Waals surface area contributed by atoms with Crippen molar-refractivity contribution in [2.45, 2.75) is 31.7 Å². The summed E-state index contributed by atoms with van der Waals surface area (Å²) in [6, 6.07) is 13.2. The van der Waals surface area contributed by atoms with Gasteiger partial charge < -0.3 is 34.5 Å². The summed E-state index contributed by atoms with van der Waals surface area (Å²) in [5.41, 5.74) is 1.12. The van der Waals surface area contributed by atoms with E-state index >= 15 is 0 Å². The first-order chi connectivity index (χ1) is 16.7. The highest BCUT2D eigenvalue weighted by Gasteiger charge is 2.20. The van der Waals surface area contributed by atoms with Crippen LogP contribution in [0.5, 0.6) is 23.0 Å². The molecule has 2 aliphatic rings. The summed E-state index contributed by atoms with van der Waals surface area (Å²) in [5.74, 6) is 3.08. The Morgan fingerprint density at radius 3 is 2.50 bits per heavy atom. The number of urea groups is 1. The van der Waals surface area contributed by atoms with Crippen LogP contribution in [-0.2, 0) is 6.42 Å². The molecule has 0 spiro atoms. The van der Waals surface area contributed by atoms with E-state index in [1.165, 1.54) is 19.3 Å². The van der Waals surface area contributed by atoms with Gasteiger partial charge in [0.15, 0.2) is 11.5 Å². The summed E-state index contributed by atoms with van der Waals surface area (Å²) >= 11 is 0. The van der Waals surface area contributed by atoms with Gasteiger partial charge in [0.25, 0.3) is 0 Å². The summed E-state index contributed by atoms with van der Waals surface area (Å²) in [6.07, 6.45) is 4.44. The molecule has 8 heteroatoms. The van der Waals surface area contributed by atoms with E-state index in [0.717, 1.165) is 54.6 Å². The molecular weight excluding hydrogens is 434 g/mol. The van der Waals surface area contributed by atoms with Crippen LogP contribution in [0.25, 0.3) is 0 Å². The second-order valence-electron chi connectivity index (χ2n) is 8.66. The van der Waals surface area contributed by atoms with Gasteiger partial charge in [-0.15, -0.1) is 0 Å². The molecule has 1 atom stereocenters. The van der Waals surface area contributed by atoms with E-state index in [1.807, 2.05) is 36.4 Å². The zero-order valence-corrected chi connectivity index (χ0v) is 19.9. The van der Waals surface area contributed by atoms with E-state index in [0.29, 0.717) is 26.4 Å². The second kappa shape index (κ2) is 12.4. The summed E-state index contributed by atoms with van der Waals surface area (Å²) in [6.45, 7) is 4.93. The number of methoxy groups -OCH3 is 1. The number of benzene rings is 2. The van der Waals surface area contributed by atoms with Gasteiger partial charge in [-0.2, -0.15) is 0 Å². The highest BCUT2D eigenvalue weighted by molar-refractivity contribution is 5.74. The largest absolute Gasteiger partial charge is 0.497 e. The van der Waals surface area contributed by atoms with Gasteiger partial charge in [0.1, 0.15) is 31.3 Å². The summed E-state index contributed by atoms with van der Waals surface area (Å²) in [7, 11) is 1.63. The number of rotatable bonds is 10. The summed E-state index contributed by atoms with van der Waals surface area (Å²) < 4.78 is 22.2. The van der Waals surface area contributed by atoms with Crippen LogP contribution >= 0.6 is 0 Å². The van der Waals surface area contributed by atoms with Crippen LogP contribution in [0, 0.1) is 0 Å². The Morgan fingerprint density at radius 1 is 1.00 bits per heavy atom. The zero-order chi connectivity index (χ0) is 23.6. The minimum absolute atomic E-state index is 0.0110. The van der Waals surface area contributed by atoms with Crippen molar-refractivity contribution in [3.63, 3.8) is 0 Å². The van der Waals surface area contributed by atoms with E-state index in [9.17, 15) is 4.79 Å². The third kappa shape index (κ3) is 7.18. The molecule has 0 aliphatic carbocycles. The van der Waals surface area contributed by atoms with E-state index in [1.54, 1.807) is 7.11 Å². The molecule has 1 saturated heterocycles. The van der Waals surface area contributed by atoms with Crippen molar-refractivity contribution in [3.05, 3.63) is 48.0 Å². The van der Waals surface area contributed by atoms with Crippen molar-refractivity contribution in [2.24, 2.45) is 0 Å². The SMILES string of the molecule is COc1ccc(OCCNC(=O)N[C@@H](Cc2ccc3c(c2)OCCO3)CN2CCCCC2)cc1. The maximum atomic E-state index is 12.7. The number of nitrogens with zero attached hydrogens (tertiary/aromatic N) is 1. The molecule has 0 unspecified atom stereocenters. The molecule has 2 heterocycles. The molecule has 184 valence electrons. The third-order valence-electron chi connectivity index (χ3n) is 6.07. The molecule has 0 bridgehead atoms. The number of fused-ring (bicyclic) bond motifs is 1. The molecule has 2 aromatic carbocycles. The van der Waals surface area contributed by atoms with Crippen molar-refractivity contribution in [2.75, 3.05) is 53.1 Å². The first-order valence-corrected chi connectivity index (χ1v) is 12.1. The van der Waals surface area contributed by atoms with E-state index in [4.69, 9.17) is 18.9 Å². The molecule has 4 rings (SSSR count). The van der Waals surface area contributed by atoms with Crippen LogP contribution in [0.15, 0.2) is 42.5 Å². The molecule has 0 saturated carbocycles. The fourth-order valence-corrected chi connectivity index (χ4v) is 4.36. The van der Waals surface area contributed by atoms with E-state index < -0.39 is 0 Å². The molecule has 2 aliphatic heterocycles. The van der Waals surface area contributed by atoms with Crippen molar-refractivity contribution in [3.8, 4) is 23.0 Å². The minimum atomic E-state index is -0.183. The zero-order valence-electron chi connectivity index (χ0n) is 19.9. The fraction of sp³-hybridized carbons (Fsp3) is 0.500. The van der Waals surface area contributed by atoms with Crippen molar-refractivity contribution >= 4 is 6.03 Å². The van der Waals surface area contributed by atoms with Gasteiger partial charge in [0.2, 0.25) is 0 Å². The Labute approximate surface area is 201 Å². The van der Waals surface area contributed by atoms with E-state index in [2.05, 4.69) is 21.6 Å². The standard InChI is InChI=1S/C26H35N3O5/c1-31-22-6-8-23(9-7-22)32-14-11-27-26(30)28-21(19-29-12-3-2-4-13-29)17-20-5-10-24-25(18-20)34-16-15-33-24/h5-10,18,21H,2-4,11-17,19H2,1H3,(H2,27,28,30)/t21-/m0/s1. The monoisotopic (exact) mass is 469 g/mol. The van der Waals surface area contributed by atoms with Gasteiger partial charge in [-0.25, -0.2) is 4.79 Å². The van der Waals surface area contributed by atoms with Crippen LogP contribution in [0.4, 0.5) is 4.79 Å². The Kier molecular flexibility index (Phi) is 8.73. The number of hydrogen-bond acceptors (Lipinski definition) is 6. The minimum Gasteiger partial charge on any atom is -0.497 e. The summed E-state index contributed by atoms with van der Waals surface area (Å²) in [5, 5.41) is 6.09. The van der Waals surface area contributed by atoms with Crippen molar-refractivity contribution in [1.82, 2.24) is 15.5 Å². The molecule has 8 nitrogen and oxygen atoms in total. The first kappa shape index (κ1) is 24.0. The summed E-state index contributed by atoms with van der Waals surface area (Å²) in [4.78, 5) is 15.1. The third-order valence-corrected chi connectivity index (χ3v) is 6.07. The van der Waals surface area contributed by atoms with Crippen LogP contribution in [-0.4, -0.2) is 70.1 Å².